The van der Waals surface area contributed by atoms with E-state index in [1.807, 2.05) is 0 Å². The maximum atomic E-state index is 13.0. The number of nitrogens with one attached hydrogen (secondary N) is 3. The highest BCUT2D eigenvalue weighted by Crippen LogP contribution is 2.39. The molecule has 5 rings (SSSR count). The molecule has 434 valence electrons. The highest BCUT2D eigenvalue weighted by molar-refractivity contribution is 7.80. The third-order valence-electron chi connectivity index (χ3n) is 12.7. The maximum absolute atomic E-state index is 13.0. The minimum atomic E-state index is -5.30. The smallest absolute Gasteiger partial charge is 0.397 e. The van der Waals surface area contributed by atoms with Crippen molar-refractivity contribution in [2.45, 2.75) is 186 Å². The summed E-state index contributed by atoms with van der Waals surface area (Å²) in [7, 11) is -5.30. The third-order valence-corrected chi connectivity index (χ3v) is 13.1. The zero-order chi connectivity index (χ0) is 56.2. The topological polar surface area (TPSA) is 554 Å². The lowest BCUT2D eigenvalue weighted by molar-refractivity contribution is -0.388. The van der Waals surface area contributed by atoms with Gasteiger partial charge in [0.1, 0.15) is 116 Å². The van der Waals surface area contributed by atoms with Crippen molar-refractivity contribution in [2.24, 2.45) is 0 Å². The zero-order valence-corrected chi connectivity index (χ0v) is 40.6. The number of aliphatic hydroxyl groups excluding tert-OH is 14. The van der Waals surface area contributed by atoms with Gasteiger partial charge in [-0.25, -0.2) is 8.98 Å². The molecule has 5 aliphatic heterocycles. The maximum Gasteiger partial charge on any atom is 0.397 e. The Kier molecular flexibility index (Phi) is 21.9. The van der Waals surface area contributed by atoms with Crippen molar-refractivity contribution in [3.8, 4) is 0 Å². The molecule has 0 bridgehead atoms. The highest BCUT2D eigenvalue weighted by atomic mass is 32.3. The Bertz CT molecular complexity index is 2030. The number of amides is 3. The fourth-order valence-electron chi connectivity index (χ4n) is 9.08. The van der Waals surface area contributed by atoms with Gasteiger partial charge in [-0.1, -0.05) is 0 Å². The SMILES string of the molecule is CC(=O)N[C@@H]1[C@@H](O[C@@H]2O[C@H](COS(=O)(=O)O)[C@H](O)[C@H](O[C@@H]3O[C@H](CO)[C@@H](O[C@@H]4O[C@H](CO)[C@H](O)[C@H](O[C@]5(C(=O)O)C[C@H](O)[C@@H](NC(C)=O)[C@H]([C@H](O)[C@H](O)CO)O5)[C@H]4O)[C@H](O)[C@H]3NC(C)=O)[C@H]2O)[C@@H](O)[C@@H](CO)O[C@H]1O. The molecule has 0 unspecified atom stereocenters. The van der Waals surface area contributed by atoms with Crippen LogP contribution in [0.25, 0.3) is 0 Å². The number of carbonyl (C=O) groups is 4. The van der Waals surface area contributed by atoms with Gasteiger partial charge >= 0.3 is 16.4 Å². The van der Waals surface area contributed by atoms with Gasteiger partial charge in [0.2, 0.25) is 17.7 Å². The normalized spacial score (nSPS) is 43.5. The van der Waals surface area contributed by atoms with Crippen molar-refractivity contribution in [1.29, 1.82) is 0 Å². The van der Waals surface area contributed by atoms with E-state index in [0.29, 0.717) is 0 Å². The summed E-state index contributed by atoms with van der Waals surface area (Å²) in [4.78, 5) is 49.7. The third kappa shape index (κ3) is 14.6. The van der Waals surface area contributed by atoms with E-state index in [1.54, 1.807) is 0 Å². The van der Waals surface area contributed by atoms with E-state index in [0.717, 1.165) is 20.8 Å². The number of hydrogen-bond acceptors (Lipinski definition) is 30. The molecule has 75 heavy (non-hydrogen) atoms. The summed E-state index contributed by atoms with van der Waals surface area (Å²) in [6, 6.07) is -5.32. The van der Waals surface area contributed by atoms with Gasteiger partial charge in [-0.15, -0.1) is 0 Å². The predicted molar refractivity (Wildman–Crippen MR) is 229 cm³/mol. The first-order valence-corrected chi connectivity index (χ1v) is 24.2. The van der Waals surface area contributed by atoms with Crippen LogP contribution in [0.15, 0.2) is 0 Å². The molecule has 0 aromatic heterocycles. The number of rotatable bonds is 21. The van der Waals surface area contributed by atoms with Gasteiger partial charge in [-0.05, 0) is 0 Å². The molecule has 0 spiro atoms. The number of aliphatic hydroxyl groups is 14. The number of carboxylic acid groups (broad SMARTS) is 1. The molecule has 3 amide bonds. The molecular weight excluding hydrogens is 1050 g/mol. The van der Waals surface area contributed by atoms with Crippen molar-refractivity contribution < 1.29 is 156 Å². The average molecular weight is 1120 g/mol. The van der Waals surface area contributed by atoms with Gasteiger partial charge in [0, 0.05) is 27.2 Å². The van der Waals surface area contributed by atoms with Crippen LogP contribution in [0, 0.1) is 0 Å². The second-order valence-corrected chi connectivity index (χ2v) is 19.2. The molecule has 5 fully saturated rings. The summed E-state index contributed by atoms with van der Waals surface area (Å²) in [5, 5.41) is 169. The summed E-state index contributed by atoms with van der Waals surface area (Å²) in [6.07, 6.45) is -47.5. The van der Waals surface area contributed by atoms with E-state index < -0.39 is 232 Å². The van der Waals surface area contributed by atoms with Crippen LogP contribution in [-0.4, -0.2) is 305 Å². The molecule has 0 aliphatic carbocycles. The first-order valence-electron chi connectivity index (χ1n) is 22.9. The van der Waals surface area contributed by atoms with Crippen LogP contribution in [-0.2, 0) is 76.4 Å². The molecule has 0 saturated carbocycles. The van der Waals surface area contributed by atoms with Crippen LogP contribution in [0.2, 0.25) is 0 Å². The van der Waals surface area contributed by atoms with Crippen LogP contribution in [0.4, 0.5) is 0 Å². The van der Waals surface area contributed by atoms with Gasteiger partial charge in [0.05, 0.1) is 45.2 Å². The van der Waals surface area contributed by atoms with Crippen LogP contribution < -0.4 is 16.0 Å². The van der Waals surface area contributed by atoms with Crippen molar-refractivity contribution >= 4 is 34.1 Å². The van der Waals surface area contributed by atoms with Gasteiger partial charge in [0.25, 0.3) is 5.79 Å². The summed E-state index contributed by atoms with van der Waals surface area (Å²) >= 11 is 0. The number of carbonyl (C=O) groups excluding carboxylic acids is 3. The Morgan fingerprint density at radius 2 is 1.07 bits per heavy atom. The predicted octanol–water partition coefficient (Wildman–Crippen LogP) is -12.5. The Hall–Kier alpha value is -3.17. The molecule has 0 radical (unpaired) electrons. The van der Waals surface area contributed by atoms with Crippen molar-refractivity contribution in [3.63, 3.8) is 0 Å². The van der Waals surface area contributed by atoms with Gasteiger partial charge in [-0.3, -0.25) is 18.9 Å². The first kappa shape index (κ1) is 62.7. The monoisotopic (exact) mass is 1120 g/mol. The van der Waals surface area contributed by atoms with Gasteiger partial charge < -0.3 is 135 Å². The largest absolute Gasteiger partial charge is 0.477 e. The lowest BCUT2D eigenvalue weighted by atomic mass is 9.88. The van der Waals surface area contributed by atoms with Crippen molar-refractivity contribution in [1.82, 2.24) is 16.0 Å². The van der Waals surface area contributed by atoms with E-state index in [4.69, 9.17) is 42.6 Å². The summed E-state index contributed by atoms with van der Waals surface area (Å²) in [6.45, 7) is -2.81. The minimum absolute atomic E-state index is 0.818. The standard InChI is InChI=1S/C39H65N3O32S/c1-10(47)40-19-13(50)4-39(38(60)61,73-31(19)22(52)14(51)5-43)74-33-24(54)16(7-45)67-37(28(33)58)70-29-17(8-46)68-35(20(26(29)56)41-11(2)48)72-32-25(55)18(9-65-75(62,63)64)69-36(27(32)57)71-30-21(42-12(3)49)34(59)66-15(6-44)23(30)53/h13-37,43-46,50-59H,4-9H2,1-3H3,(H,40,47)(H,41,48)(H,42,49)(H,60,61)(H,62,63,64)/t13-,14+,15+,16+,17+,18+,19+,20+,21+,22+,23-,24-,25-,26+,27+,28+,29+,30+,31+,32-,33-,34+,35-,36-,37-,39-/m0/s1. The number of hydrogen-bond donors (Lipinski definition) is 19. The van der Waals surface area contributed by atoms with Gasteiger partial charge in [0.15, 0.2) is 25.2 Å². The van der Waals surface area contributed by atoms with Crippen molar-refractivity contribution in [2.75, 3.05) is 33.0 Å². The fraction of sp³-hybridized carbons (Fsp3) is 0.897. The minimum Gasteiger partial charge on any atom is -0.477 e. The van der Waals surface area contributed by atoms with E-state index >= 15 is 0 Å². The fourth-order valence-corrected chi connectivity index (χ4v) is 9.38. The molecule has 5 saturated heterocycles. The lowest BCUT2D eigenvalue weighted by Gasteiger charge is -2.51. The molecule has 5 aliphatic rings. The quantitative estimate of drug-likeness (QED) is 0.0475. The molecule has 19 N–H and O–H groups in total. The van der Waals surface area contributed by atoms with Crippen molar-refractivity contribution in [3.05, 3.63) is 0 Å². The first-order chi connectivity index (χ1) is 35.0. The molecule has 26 atom stereocenters. The van der Waals surface area contributed by atoms with Crippen LogP contribution >= 0.6 is 0 Å². The summed E-state index contributed by atoms with van der Waals surface area (Å²) < 4.78 is 87.7. The summed E-state index contributed by atoms with van der Waals surface area (Å²) in [5.74, 6) is -7.93. The Morgan fingerprint density at radius 3 is 1.60 bits per heavy atom. The molecule has 0 aromatic carbocycles. The summed E-state index contributed by atoms with van der Waals surface area (Å²) in [5.41, 5.74) is 0. The van der Waals surface area contributed by atoms with E-state index in [2.05, 4.69) is 20.1 Å². The average Bonchev–Trinajstić information content (AvgIpc) is 3.33. The van der Waals surface area contributed by atoms with Crippen LogP contribution in [0.5, 0.6) is 0 Å². The number of aliphatic carboxylic acids is 1. The molecular formula is C39H65N3O32S. The van der Waals surface area contributed by atoms with E-state index in [1.165, 1.54) is 0 Å². The molecule has 35 nitrogen and oxygen atoms in total. The second kappa shape index (κ2) is 26.2. The number of ether oxygens (including phenoxy) is 9. The van der Waals surface area contributed by atoms with E-state index in [-0.39, 0.29) is 0 Å². The van der Waals surface area contributed by atoms with E-state index in [9.17, 15) is 109 Å². The highest BCUT2D eigenvalue weighted by Gasteiger charge is 2.61. The van der Waals surface area contributed by atoms with Gasteiger partial charge in [-0.2, -0.15) is 8.42 Å². The Balaban J connectivity index is 1.45. The lowest BCUT2D eigenvalue weighted by Crippen LogP contribution is -2.71. The Labute approximate surface area is 424 Å². The second-order valence-electron chi connectivity index (χ2n) is 18.1. The molecule has 5 heterocycles. The zero-order valence-electron chi connectivity index (χ0n) is 39.8. The molecule has 0 aromatic rings. The Morgan fingerprint density at radius 1 is 0.600 bits per heavy atom. The molecule has 36 heteroatoms. The number of carboxylic acids is 1. The van der Waals surface area contributed by atoms with Crippen LogP contribution in [0.3, 0.4) is 0 Å². The van der Waals surface area contributed by atoms with Crippen LogP contribution in [0.1, 0.15) is 27.2 Å².